The van der Waals surface area contributed by atoms with E-state index in [2.05, 4.69) is 47.8 Å². The van der Waals surface area contributed by atoms with Gasteiger partial charge in [-0.15, -0.1) is 0 Å². The van der Waals surface area contributed by atoms with E-state index in [9.17, 15) is 14.7 Å². The first-order valence-electron chi connectivity index (χ1n) is 10.0. The van der Waals surface area contributed by atoms with E-state index < -0.39 is 12.0 Å². The highest BCUT2D eigenvalue weighted by Crippen LogP contribution is 2.31. The molecule has 1 heterocycles. The number of carbonyl (C=O) groups is 2. The third kappa shape index (κ3) is 3.79. The van der Waals surface area contributed by atoms with Crippen molar-refractivity contribution >= 4 is 33.6 Å². The van der Waals surface area contributed by atoms with Crippen LogP contribution in [0, 0.1) is 5.92 Å². The topological polar surface area (TPSA) is 71.3 Å². The zero-order valence-corrected chi connectivity index (χ0v) is 17.0. The maximum atomic E-state index is 12.4. The molecule has 152 valence electrons. The molecule has 5 nitrogen and oxygen atoms in total. The standard InChI is InChI=1S/C25H24N2O3/c1-16(2)24(25(29)30)26-23(28)15-27-13-12-19-14-18(10-11-22(19)27)21-9-5-7-17-6-3-4-8-20(17)21/h3-14,16,24H,15H2,1-2H3,(H,26,28)(H,29,30)/t24-/m0/s1. The Morgan fingerprint density at radius 3 is 2.50 bits per heavy atom. The number of amides is 1. The first kappa shape index (κ1) is 19.7. The van der Waals surface area contributed by atoms with Crippen LogP contribution in [0.4, 0.5) is 0 Å². The lowest BCUT2D eigenvalue weighted by molar-refractivity contribution is -0.143. The number of hydrogen-bond donors (Lipinski definition) is 2. The highest BCUT2D eigenvalue weighted by atomic mass is 16.4. The van der Waals surface area contributed by atoms with E-state index in [0.717, 1.165) is 16.5 Å². The molecule has 0 radical (unpaired) electrons. The second kappa shape index (κ2) is 8.03. The molecule has 0 saturated heterocycles. The van der Waals surface area contributed by atoms with Crippen molar-refractivity contribution in [2.24, 2.45) is 5.92 Å². The summed E-state index contributed by atoms with van der Waals surface area (Å²) in [6.07, 6.45) is 1.86. The largest absolute Gasteiger partial charge is 0.480 e. The van der Waals surface area contributed by atoms with E-state index >= 15 is 0 Å². The van der Waals surface area contributed by atoms with Crippen molar-refractivity contribution in [3.05, 3.63) is 72.9 Å². The molecule has 0 aliphatic carbocycles. The zero-order valence-electron chi connectivity index (χ0n) is 17.0. The molecule has 5 heteroatoms. The van der Waals surface area contributed by atoms with E-state index in [1.54, 1.807) is 13.8 Å². The summed E-state index contributed by atoms with van der Waals surface area (Å²) in [6, 6.07) is 21.9. The van der Waals surface area contributed by atoms with Crippen molar-refractivity contribution < 1.29 is 14.7 Å². The second-order valence-corrected chi connectivity index (χ2v) is 7.87. The number of nitrogens with zero attached hydrogens (tertiary/aromatic N) is 1. The van der Waals surface area contributed by atoms with Crippen LogP contribution in [0.1, 0.15) is 13.8 Å². The predicted octanol–water partition coefficient (Wildman–Crippen LogP) is 4.69. The Kier molecular flexibility index (Phi) is 5.27. The van der Waals surface area contributed by atoms with Gasteiger partial charge in [0.25, 0.3) is 0 Å². The van der Waals surface area contributed by atoms with E-state index in [1.165, 1.54) is 16.3 Å². The highest BCUT2D eigenvalue weighted by Gasteiger charge is 2.23. The lowest BCUT2D eigenvalue weighted by Crippen LogP contribution is -2.45. The molecule has 30 heavy (non-hydrogen) atoms. The minimum Gasteiger partial charge on any atom is -0.480 e. The summed E-state index contributed by atoms with van der Waals surface area (Å²) in [5.41, 5.74) is 3.22. The molecule has 1 atom stereocenters. The number of hydrogen-bond acceptors (Lipinski definition) is 2. The third-order valence-electron chi connectivity index (χ3n) is 5.43. The fraction of sp³-hybridized carbons (Fsp3) is 0.200. The third-order valence-corrected chi connectivity index (χ3v) is 5.43. The Balaban J connectivity index is 1.61. The molecule has 4 aromatic rings. The van der Waals surface area contributed by atoms with Crippen LogP contribution >= 0.6 is 0 Å². The normalized spacial score (nSPS) is 12.4. The van der Waals surface area contributed by atoms with Crippen LogP contribution in [0.15, 0.2) is 72.9 Å². The number of rotatable bonds is 6. The summed E-state index contributed by atoms with van der Waals surface area (Å²) < 4.78 is 1.84. The SMILES string of the molecule is CC(C)[C@H](NC(=O)Cn1ccc2cc(-c3cccc4ccccc34)ccc21)C(=O)O. The van der Waals surface area contributed by atoms with Gasteiger partial charge in [-0.3, -0.25) is 4.79 Å². The van der Waals surface area contributed by atoms with Crippen LogP contribution in [0.3, 0.4) is 0 Å². The predicted molar refractivity (Wildman–Crippen MR) is 119 cm³/mol. The average molecular weight is 400 g/mol. The molecule has 0 saturated carbocycles. The fourth-order valence-corrected chi connectivity index (χ4v) is 3.87. The van der Waals surface area contributed by atoms with E-state index in [1.807, 2.05) is 35.0 Å². The fourth-order valence-electron chi connectivity index (χ4n) is 3.87. The molecule has 1 aromatic heterocycles. The van der Waals surface area contributed by atoms with Crippen LogP contribution < -0.4 is 5.32 Å². The second-order valence-electron chi connectivity index (χ2n) is 7.87. The van der Waals surface area contributed by atoms with Crippen molar-refractivity contribution in [2.75, 3.05) is 0 Å². The highest BCUT2D eigenvalue weighted by molar-refractivity contribution is 5.98. The molecule has 0 spiro atoms. The number of carbonyl (C=O) groups excluding carboxylic acids is 1. The summed E-state index contributed by atoms with van der Waals surface area (Å²) >= 11 is 0. The molecule has 2 N–H and O–H groups in total. The molecule has 4 rings (SSSR count). The lowest BCUT2D eigenvalue weighted by Gasteiger charge is -2.18. The molecular weight excluding hydrogens is 376 g/mol. The van der Waals surface area contributed by atoms with Crippen LogP contribution in [-0.4, -0.2) is 27.6 Å². The van der Waals surface area contributed by atoms with Crippen molar-refractivity contribution in [3.8, 4) is 11.1 Å². The summed E-state index contributed by atoms with van der Waals surface area (Å²) in [6.45, 7) is 3.63. The maximum Gasteiger partial charge on any atom is 0.326 e. The average Bonchev–Trinajstić information content (AvgIpc) is 3.13. The Labute approximate surface area is 174 Å². The molecule has 0 aliphatic heterocycles. The van der Waals surface area contributed by atoms with Gasteiger partial charge in [0, 0.05) is 17.1 Å². The molecule has 1 amide bonds. The monoisotopic (exact) mass is 400 g/mol. The number of aliphatic carboxylic acids is 1. The molecule has 0 unspecified atom stereocenters. The zero-order chi connectivity index (χ0) is 21.3. The quantitative estimate of drug-likeness (QED) is 0.493. The number of nitrogens with one attached hydrogen (secondary N) is 1. The van der Waals surface area contributed by atoms with E-state index in [-0.39, 0.29) is 18.4 Å². The Morgan fingerprint density at radius 1 is 0.967 bits per heavy atom. The van der Waals surface area contributed by atoms with Gasteiger partial charge in [0.15, 0.2) is 0 Å². The number of fused-ring (bicyclic) bond motifs is 2. The van der Waals surface area contributed by atoms with Crippen molar-refractivity contribution in [2.45, 2.75) is 26.4 Å². The van der Waals surface area contributed by atoms with Gasteiger partial charge < -0.3 is 15.0 Å². The van der Waals surface area contributed by atoms with Gasteiger partial charge in [-0.1, -0.05) is 62.4 Å². The first-order chi connectivity index (χ1) is 14.4. The number of carboxylic acid groups (broad SMARTS) is 1. The van der Waals surface area contributed by atoms with E-state index in [0.29, 0.717) is 0 Å². The van der Waals surface area contributed by atoms with Gasteiger partial charge in [-0.25, -0.2) is 4.79 Å². The summed E-state index contributed by atoms with van der Waals surface area (Å²) in [5.74, 6) is -1.52. The minimum absolute atomic E-state index is 0.0770. The summed E-state index contributed by atoms with van der Waals surface area (Å²) in [4.78, 5) is 23.7. The van der Waals surface area contributed by atoms with Gasteiger partial charge in [0.05, 0.1) is 0 Å². The van der Waals surface area contributed by atoms with Gasteiger partial charge in [-0.2, -0.15) is 0 Å². The Hall–Kier alpha value is -3.60. The lowest BCUT2D eigenvalue weighted by atomic mass is 9.97. The van der Waals surface area contributed by atoms with Gasteiger partial charge in [0.2, 0.25) is 5.91 Å². The Bertz CT molecular complexity index is 1230. The van der Waals surface area contributed by atoms with Crippen molar-refractivity contribution in [1.82, 2.24) is 9.88 Å². The van der Waals surface area contributed by atoms with Crippen molar-refractivity contribution in [1.29, 1.82) is 0 Å². The number of benzene rings is 3. The first-order valence-corrected chi connectivity index (χ1v) is 10.0. The van der Waals surface area contributed by atoms with Gasteiger partial charge in [0.1, 0.15) is 12.6 Å². The molecule has 0 aliphatic rings. The molecule has 0 fully saturated rings. The molecular formula is C25H24N2O3. The van der Waals surface area contributed by atoms with Gasteiger partial charge >= 0.3 is 5.97 Å². The van der Waals surface area contributed by atoms with Crippen LogP contribution in [0.25, 0.3) is 32.8 Å². The van der Waals surface area contributed by atoms with Gasteiger partial charge in [-0.05, 0) is 46.0 Å². The molecule has 3 aromatic carbocycles. The smallest absolute Gasteiger partial charge is 0.326 e. The van der Waals surface area contributed by atoms with Crippen LogP contribution in [0.5, 0.6) is 0 Å². The number of carboxylic acids is 1. The maximum absolute atomic E-state index is 12.4. The van der Waals surface area contributed by atoms with Crippen LogP contribution in [-0.2, 0) is 16.1 Å². The number of aromatic nitrogens is 1. The van der Waals surface area contributed by atoms with Crippen molar-refractivity contribution in [3.63, 3.8) is 0 Å². The Morgan fingerprint density at radius 2 is 1.73 bits per heavy atom. The minimum atomic E-state index is -1.02. The molecule has 0 bridgehead atoms. The van der Waals surface area contributed by atoms with Crippen LogP contribution in [0.2, 0.25) is 0 Å². The van der Waals surface area contributed by atoms with E-state index in [4.69, 9.17) is 0 Å². The summed E-state index contributed by atoms with van der Waals surface area (Å²) in [7, 11) is 0. The summed E-state index contributed by atoms with van der Waals surface area (Å²) in [5, 5.41) is 15.3.